The van der Waals surface area contributed by atoms with Crippen LogP contribution in [0.2, 0.25) is 0 Å². The summed E-state index contributed by atoms with van der Waals surface area (Å²) in [7, 11) is 0. The third-order valence-electron chi connectivity index (χ3n) is 3.41. The number of rotatable bonds is 5. The molecule has 0 aromatic carbocycles. The first-order valence-corrected chi connectivity index (χ1v) is 7.26. The Labute approximate surface area is 144 Å². The smallest absolute Gasteiger partial charge is 0.313 e. The van der Waals surface area contributed by atoms with Crippen LogP contribution in [0.15, 0.2) is 18.3 Å². The van der Waals surface area contributed by atoms with Gasteiger partial charge in [-0.1, -0.05) is 20.8 Å². The molecule has 7 heteroatoms. The molecule has 1 aromatic heterocycles. The fraction of sp³-hybridized carbons (Fsp3) is 0.600. The van der Waals surface area contributed by atoms with Crippen LogP contribution in [0.5, 0.6) is 5.75 Å². The molecule has 1 saturated heterocycles. The minimum absolute atomic E-state index is 0. The number of hydrogen-bond acceptors (Lipinski definition) is 5. The lowest BCUT2D eigenvalue weighted by molar-refractivity contribution is -0.137. The van der Waals surface area contributed by atoms with Gasteiger partial charge >= 0.3 is 5.97 Å². The number of likely N-dealkylation sites (N-methyl/N-ethyl adjacent to an activating group) is 1. The summed E-state index contributed by atoms with van der Waals surface area (Å²) in [5, 5.41) is 3.45. The third-order valence-corrected chi connectivity index (χ3v) is 3.41. The average Bonchev–Trinajstić information content (AvgIpc) is 2.88. The fourth-order valence-corrected chi connectivity index (χ4v) is 2.33. The van der Waals surface area contributed by atoms with Gasteiger partial charge in [0.25, 0.3) is 0 Å². The molecular formula is C15H25Cl2N3O2. The van der Waals surface area contributed by atoms with E-state index in [1.165, 1.54) is 0 Å². The molecule has 0 aliphatic carbocycles. The number of aromatic nitrogens is 1. The Morgan fingerprint density at radius 2 is 2.23 bits per heavy atom. The Kier molecular flexibility index (Phi) is 9.41. The summed E-state index contributed by atoms with van der Waals surface area (Å²) in [5.74, 6) is 0.961. The zero-order chi connectivity index (χ0) is 14.5. The molecule has 1 N–H and O–H groups in total. The van der Waals surface area contributed by atoms with Gasteiger partial charge in [-0.05, 0) is 25.1 Å². The maximum absolute atomic E-state index is 11.8. The zero-order valence-corrected chi connectivity index (χ0v) is 14.9. The van der Waals surface area contributed by atoms with Crippen LogP contribution in [0, 0.1) is 5.92 Å². The van der Waals surface area contributed by atoms with Crippen LogP contribution in [-0.2, 0) is 4.79 Å². The van der Waals surface area contributed by atoms with Crippen molar-refractivity contribution in [3.63, 3.8) is 0 Å². The van der Waals surface area contributed by atoms with Gasteiger partial charge in [0, 0.05) is 25.3 Å². The molecule has 0 bridgehead atoms. The third kappa shape index (κ3) is 5.30. The first kappa shape index (κ1) is 21.0. The highest BCUT2D eigenvalue weighted by molar-refractivity contribution is 5.85. The molecule has 126 valence electrons. The predicted molar refractivity (Wildman–Crippen MR) is 93.5 cm³/mol. The molecule has 5 nitrogen and oxygen atoms in total. The molecule has 1 aliphatic heterocycles. The second-order valence-electron chi connectivity index (χ2n) is 5.39. The number of ether oxygens (including phenoxy) is 1. The van der Waals surface area contributed by atoms with E-state index >= 15 is 0 Å². The second kappa shape index (κ2) is 9.87. The van der Waals surface area contributed by atoms with E-state index in [1.54, 1.807) is 12.3 Å². The molecule has 0 unspecified atom stereocenters. The highest BCUT2D eigenvalue weighted by atomic mass is 35.5. The van der Waals surface area contributed by atoms with Crippen LogP contribution in [0.25, 0.3) is 0 Å². The first-order chi connectivity index (χ1) is 9.61. The van der Waals surface area contributed by atoms with Crippen molar-refractivity contribution in [2.75, 3.05) is 24.5 Å². The molecule has 2 rings (SSSR count). The lowest BCUT2D eigenvalue weighted by Crippen LogP contribution is -2.32. The highest BCUT2D eigenvalue weighted by Gasteiger charge is 2.25. The van der Waals surface area contributed by atoms with Crippen molar-refractivity contribution in [1.29, 1.82) is 0 Å². The number of nitrogens with zero attached hydrogens (tertiary/aromatic N) is 2. The number of carbonyl (C=O) groups is 1. The summed E-state index contributed by atoms with van der Waals surface area (Å²) in [6.45, 7) is 8.57. The number of pyridine rings is 1. The molecule has 0 amide bonds. The molecule has 1 fully saturated rings. The number of hydrogen-bond donors (Lipinski definition) is 1. The molecule has 2 heterocycles. The molecule has 1 atom stereocenters. The van der Waals surface area contributed by atoms with Gasteiger partial charge in [0.2, 0.25) is 0 Å². The van der Waals surface area contributed by atoms with Crippen LogP contribution in [0.4, 0.5) is 5.82 Å². The van der Waals surface area contributed by atoms with Crippen LogP contribution in [0.3, 0.4) is 0 Å². The summed E-state index contributed by atoms with van der Waals surface area (Å²) >= 11 is 0. The Morgan fingerprint density at radius 1 is 1.50 bits per heavy atom. The molecule has 0 radical (unpaired) electrons. The number of anilines is 1. The van der Waals surface area contributed by atoms with E-state index in [2.05, 4.69) is 22.1 Å². The molecule has 1 aliphatic rings. The van der Waals surface area contributed by atoms with Crippen molar-refractivity contribution in [2.45, 2.75) is 33.2 Å². The van der Waals surface area contributed by atoms with E-state index in [0.717, 1.165) is 31.9 Å². The first-order valence-electron chi connectivity index (χ1n) is 7.26. The highest BCUT2D eigenvalue weighted by Crippen LogP contribution is 2.28. The van der Waals surface area contributed by atoms with Gasteiger partial charge in [-0.2, -0.15) is 0 Å². The Hall–Kier alpha value is -1.04. The van der Waals surface area contributed by atoms with Gasteiger partial charge < -0.3 is 15.0 Å². The van der Waals surface area contributed by atoms with Crippen LogP contribution < -0.4 is 15.0 Å². The van der Waals surface area contributed by atoms with E-state index in [9.17, 15) is 4.79 Å². The molecule has 1 aromatic rings. The summed E-state index contributed by atoms with van der Waals surface area (Å²) in [6.07, 6.45) is 2.82. The van der Waals surface area contributed by atoms with Crippen LogP contribution in [0.1, 0.15) is 27.2 Å². The molecule has 0 spiro atoms. The van der Waals surface area contributed by atoms with E-state index in [0.29, 0.717) is 11.8 Å². The van der Waals surface area contributed by atoms with Crippen molar-refractivity contribution >= 4 is 36.6 Å². The second-order valence-corrected chi connectivity index (χ2v) is 5.39. The fourth-order valence-electron chi connectivity index (χ4n) is 2.33. The number of halogens is 2. The lowest BCUT2D eigenvalue weighted by Gasteiger charge is -2.20. The van der Waals surface area contributed by atoms with E-state index in [4.69, 9.17) is 4.74 Å². The lowest BCUT2D eigenvalue weighted by atomic mass is 10.2. The normalized spacial score (nSPS) is 16.9. The minimum atomic E-state index is -0.221. The topological polar surface area (TPSA) is 54.5 Å². The zero-order valence-electron chi connectivity index (χ0n) is 13.2. The molecule has 0 saturated carbocycles. The summed E-state index contributed by atoms with van der Waals surface area (Å²) < 4.78 is 5.45. The van der Waals surface area contributed by atoms with E-state index in [-0.39, 0.29) is 36.7 Å². The van der Waals surface area contributed by atoms with Gasteiger partial charge in [0.1, 0.15) is 0 Å². The average molecular weight is 350 g/mol. The SMILES string of the molecule is CCN[C@@H]1CCN(c2ncccc2OC(=O)C(C)C)C1.Cl.Cl. The van der Waals surface area contributed by atoms with Crippen LogP contribution >= 0.6 is 24.8 Å². The maximum atomic E-state index is 11.8. The molecular weight excluding hydrogens is 325 g/mol. The number of esters is 1. The largest absolute Gasteiger partial charge is 0.422 e. The number of carbonyl (C=O) groups excluding carboxylic acids is 1. The van der Waals surface area contributed by atoms with Crippen molar-refractivity contribution < 1.29 is 9.53 Å². The summed E-state index contributed by atoms with van der Waals surface area (Å²) in [5.41, 5.74) is 0. The standard InChI is InChI=1S/C15H23N3O2.2ClH/c1-4-16-12-7-9-18(10-12)14-13(6-5-8-17-14)20-15(19)11(2)3;;/h5-6,8,11-12,16H,4,7,9-10H2,1-3H3;2*1H/t12-;;/m1../s1. The quantitative estimate of drug-likeness (QED) is 0.828. The Balaban J connectivity index is 0.00000220. The minimum Gasteiger partial charge on any atom is -0.422 e. The van der Waals surface area contributed by atoms with Crippen molar-refractivity contribution in [2.24, 2.45) is 5.92 Å². The van der Waals surface area contributed by atoms with E-state index < -0.39 is 0 Å². The van der Waals surface area contributed by atoms with Gasteiger partial charge in [0.05, 0.1) is 5.92 Å². The monoisotopic (exact) mass is 349 g/mol. The Morgan fingerprint density at radius 3 is 2.86 bits per heavy atom. The maximum Gasteiger partial charge on any atom is 0.313 e. The number of nitrogens with one attached hydrogen (secondary N) is 1. The molecule has 22 heavy (non-hydrogen) atoms. The van der Waals surface area contributed by atoms with Crippen molar-refractivity contribution in [3.8, 4) is 5.75 Å². The van der Waals surface area contributed by atoms with Crippen LogP contribution in [-0.4, -0.2) is 36.6 Å². The van der Waals surface area contributed by atoms with Gasteiger partial charge in [-0.3, -0.25) is 4.79 Å². The van der Waals surface area contributed by atoms with E-state index in [1.807, 2.05) is 19.9 Å². The van der Waals surface area contributed by atoms with Crippen molar-refractivity contribution in [3.05, 3.63) is 18.3 Å². The van der Waals surface area contributed by atoms with Gasteiger partial charge in [0.15, 0.2) is 11.6 Å². The van der Waals surface area contributed by atoms with Gasteiger partial charge in [-0.25, -0.2) is 4.98 Å². The summed E-state index contributed by atoms with van der Waals surface area (Å²) in [4.78, 5) is 18.3. The van der Waals surface area contributed by atoms with Gasteiger partial charge in [-0.15, -0.1) is 24.8 Å². The predicted octanol–water partition coefficient (Wildman–Crippen LogP) is 2.67. The van der Waals surface area contributed by atoms with Crippen molar-refractivity contribution in [1.82, 2.24) is 10.3 Å². The Bertz CT molecular complexity index is 472. The summed E-state index contributed by atoms with van der Waals surface area (Å²) in [6, 6.07) is 4.09.